The summed E-state index contributed by atoms with van der Waals surface area (Å²) in [6.45, 7) is 0. The van der Waals surface area contributed by atoms with Crippen molar-refractivity contribution in [2.45, 2.75) is 61.6 Å². The SMILES string of the molecule is Cn1cnc(C2CC3CC(O)(C#CC4(O)CC(c5cc(F)cc(F)c5)C4)CC3C2)c1C(=O)Nc1ccc(F)c(Cl)c1. The quantitative estimate of drug-likeness (QED) is 0.344. The molecule has 0 radical (unpaired) electrons. The molecule has 41 heavy (non-hydrogen) atoms. The molecule has 1 amide bonds. The van der Waals surface area contributed by atoms with Gasteiger partial charge in [0.25, 0.3) is 5.91 Å². The molecule has 0 bridgehead atoms. The number of nitrogens with zero attached hydrogens (tertiary/aromatic N) is 2. The minimum atomic E-state index is -1.30. The highest BCUT2D eigenvalue weighted by atomic mass is 35.5. The maximum atomic E-state index is 13.6. The van der Waals surface area contributed by atoms with Crippen molar-refractivity contribution in [3.8, 4) is 11.8 Å². The van der Waals surface area contributed by atoms with Gasteiger partial charge >= 0.3 is 0 Å². The fraction of sp³-hybridized carbons (Fsp3) is 0.419. The van der Waals surface area contributed by atoms with E-state index in [4.69, 9.17) is 11.6 Å². The third-order valence-corrected chi connectivity index (χ3v) is 9.13. The van der Waals surface area contributed by atoms with E-state index < -0.39 is 28.7 Å². The van der Waals surface area contributed by atoms with E-state index >= 15 is 0 Å². The van der Waals surface area contributed by atoms with Gasteiger partial charge in [0.1, 0.15) is 34.3 Å². The van der Waals surface area contributed by atoms with Crippen LogP contribution in [0.3, 0.4) is 0 Å². The molecule has 2 atom stereocenters. The second kappa shape index (κ2) is 10.2. The number of nitrogens with one attached hydrogen (secondary N) is 1. The smallest absolute Gasteiger partial charge is 0.274 e. The molecule has 10 heteroatoms. The van der Waals surface area contributed by atoms with Crippen LogP contribution in [0.15, 0.2) is 42.7 Å². The Hall–Kier alpha value is -3.32. The minimum Gasteiger partial charge on any atom is -0.378 e. The summed E-state index contributed by atoms with van der Waals surface area (Å²) in [5, 5.41) is 24.7. The van der Waals surface area contributed by atoms with Crippen molar-refractivity contribution in [1.82, 2.24) is 9.55 Å². The summed E-state index contributed by atoms with van der Waals surface area (Å²) in [5.74, 6) is 3.78. The van der Waals surface area contributed by atoms with Crippen LogP contribution in [-0.4, -0.2) is 36.9 Å². The number of aromatic nitrogens is 2. The highest BCUT2D eigenvalue weighted by molar-refractivity contribution is 6.31. The number of rotatable bonds is 4. The first-order valence-corrected chi connectivity index (χ1v) is 14.0. The fourth-order valence-corrected chi connectivity index (χ4v) is 7.09. The van der Waals surface area contributed by atoms with Gasteiger partial charge in [-0.05, 0) is 92.2 Å². The third kappa shape index (κ3) is 5.49. The number of anilines is 1. The molecule has 0 aliphatic heterocycles. The van der Waals surface area contributed by atoms with Crippen molar-refractivity contribution in [3.63, 3.8) is 0 Å². The van der Waals surface area contributed by atoms with Gasteiger partial charge in [-0.3, -0.25) is 4.79 Å². The normalized spacial score (nSPS) is 30.3. The molecule has 3 fully saturated rings. The van der Waals surface area contributed by atoms with Crippen molar-refractivity contribution in [3.05, 3.63) is 82.2 Å². The van der Waals surface area contributed by atoms with Crippen LogP contribution in [0.4, 0.5) is 18.9 Å². The van der Waals surface area contributed by atoms with Crippen molar-refractivity contribution in [2.24, 2.45) is 18.9 Å². The number of carbonyl (C=O) groups excluding carboxylic acids is 1. The first-order valence-electron chi connectivity index (χ1n) is 13.6. The van der Waals surface area contributed by atoms with E-state index in [0.717, 1.165) is 18.9 Å². The Bertz CT molecular complexity index is 1560. The van der Waals surface area contributed by atoms with Crippen LogP contribution in [-0.2, 0) is 7.05 Å². The van der Waals surface area contributed by atoms with E-state index in [9.17, 15) is 28.2 Å². The monoisotopic (exact) mass is 583 g/mol. The zero-order valence-corrected chi connectivity index (χ0v) is 23.1. The van der Waals surface area contributed by atoms with Crippen LogP contribution >= 0.6 is 11.6 Å². The van der Waals surface area contributed by atoms with Crippen molar-refractivity contribution < 1.29 is 28.2 Å². The molecule has 3 saturated carbocycles. The van der Waals surface area contributed by atoms with Crippen molar-refractivity contribution in [2.75, 3.05) is 5.32 Å². The van der Waals surface area contributed by atoms with E-state index in [0.29, 0.717) is 35.5 Å². The van der Waals surface area contributed by atoms with E-state index in [1.165, 1.54) is 30.3 Å². The van der Waals surface area contributed by atoms with Gasteiger partial charge in [0, 0.05) is 24.7 Å². The lowest BCUT2D eigenvalue weighted by molar-refractivity contribution is 0.00448. The molecule has 3 N–H and O–H groups in total. The molecule has 0 spiro atoms. The fourth-order valence-electron chi connectivity index (χ4n) is 6.91. The highest BCUT2D eigenvalue weighted by Gasteiger charge is 2.50. The Morgan fingerprint density at radius 3 is 2.20 bits per heavy atom. The summed E-state index contributed by atoms with van der Waals surface area (Å²) in [4.78, 5) is 17.7. The Morgan fingerprint density at radius 2 is 1.59 bits per heavy atom. The number of hydrogen-bond acceptors (Lipinski definition) is 4. The molecule has 2 unspecified atom stereocenters. The maximum Gasteiger partial charge on any atom is 0.274 e. The number of benzene rings is 2. The largest absolute Gasteiger partial charge is 0.378 e. The van der Waals surface area contributed by atoms with Crippen LogP contribution in [0, 0.1) is 41.1 Å². The second-order valence-electron chi connectivity index (χ2n) is 11.9. The number of halogens is 4. The highest BCUT2D eigenvalue weighted by Crippen LogP contribution is 2.54. The number of carbonyl (C=O) groups is 1. The van der Waals surface area contributed by atoms with Crippen LogP contribution < -0.4 is 5.32 Å². The van der Waals surface area contributed by atoms with E-state index in [1.54, 1.807) is 17.9 Å². The maximum absolute atomic E-state index is 13.6. The van der Waals surface area contributed by atoms with Gasteiger partial charge in [-0.2, -0.15) is 0 Å². The standard InChI is InChI=1S/C31H29ClF3N3O3/c1-38-16-36-27(28(38)29(39)37-24-2-3-26(35)25(32)11-24)18-6-19-12-30(40,13-20(19)7-18)4-5-31(41)14-21(15-31)17-8-22(33)10-23(34)9-17/h2-3,8-11,16,18-21,40-41H,6-7,12-15H2,1H3,(H,37,39). The number of aliphatic hydroxyl groups is 2. The molecular formula is C31H29ClF3N3O3. The summed E-state index contributed by atoms with van der Waals surface area (Å²) >= 11 is 5.85. The van der Waals surface area contributed by atoms with Gasteiger partial charge < -0.3 is 20.1 Å². The molecule has 3 aliphatic carbocycles. The number of fused-ring (bicyclic) bond motifs is 1. The van der Waals surface area contributed by atoms with Crippen LogP contribution in [0.25, 0.3) is 0 Å². The zero-order chi connectivity index (χ0) is 29.1. The summed E-state index contributed by atoms with van der Waals surface area (Å²) in [5.41, 5.74) is -0.537. The predicted molar refractivity (Wildman–Crippen MR) is 147 cm³/mol. The van der Waals surface area contributed by atoms with Crippen LogP contribution in [0.5, 0.6) is 0 Å². The zero-order valence-electron chi connectivity index (χ0n) is 22.3. The van der Waals surface area contributed by atoms with Gasteiger partial charge in [-0.1, -0.05) is 23.4 Å². The third-order valence-electron chi connectivity index (χ3n) is 8.84. The lowest BCUT2D eigenvalue weighted by atomic mass is 9.68. The average molecular weight is 584 g/mol. The molecule has 2 aromatic carbocycles. The lowest BCUT2D eigenvalue weighted by Gasteiger charge is -2.40. The van der Waals surface area contributed by atoms with Gasteiger partial charge in [0.2, 0.25) is 0 Å². The van der Waals surface area contributed by atoms with Gasteiger partial charge in [0.05, 0.1) is 17.0 Å². The molecular weight excluding hydrogens is 555 g/mol. The van der Waals surface area contributed by atoms with Gasteiger partial charge in [0.15, 0.2) is 0 Å². The van der Waals surface area contributed by atoms with Gasteiger partial charge in [-0.25, -0.2) is 18.2 Å². The van der Waals surface area contributed by atoms with Crippen molar-refractivity contribution >= 4 is 23.2 Å². The molecule has 214 valence electrons. The Morgan fingerprint density at radius 1 is 0.976 bits per heavy atom. The van der Waals surface area contributed by atoms with Crippen LogP contribution in [0.1, 0.15) is 72.1 Å². The second-order valence-corrected chi connectivity index (χ2v) is 12.3. The molecule has 6 nitrogen and oxygen atoms in total. The molecule has 3 aliphatic rings. The number of aryl methyl sites for hydroxylation is 1. The molecule has 1 heterocycles. The van der Waals surface area contributed by atoms with Crippen molar-refractivity contribution in [1.29, 1.82) is 0 Å². The molecule has 0 saturated heterocycles. The summed E-state index contributed by atoms with van der Waals surface area (Å²) in [6, 6.07) is 7.36. The summed E-state index contributed by atoms with van der Waals surface area (Å²) in [7, 11) is 1.74. The lowest BCUT2D eigenvalue weighted by Crippen LogP contribution is -2.41. The van der Waals surface area contributed by atoms with Crippen LogP contribution in [0.2, 0.25) is 5.02 Å². The Balaban J connectivity index is 1.09. The predicted octanol–water partition coefficient (Wildman–Crippen LogP) is 5.69. The van der Waals surface area contributed by atoms with E-state index in [-0.39, 0.29) is 47.4 Å². The number of hydrogen-bond donors (Lipinski definition) is 3. The minimum absolute atomic E-state index is 0.0319. The van der Waals surface area contributed by atoms with E-state index in [2.05, 4.69) is 22.1 Å². The number of imidazole rings is 1. The Labute approximate surface area is 240 Å². The molecule has 6 rings (SSSR count). The average Bonchev–Trinajstić information content (AvgIpc) is 3.53. The first kappa shape index (κ1) is 27.8. The topological polar surface area (TPSA) is 87.4 Å². The summed E-state index contributed by atoms with van der Waals surface area (Å²) in [6.07, 6.45) is 4.50. The number of amides is 1. The molecule has 1 aromatic heterocycles. The Kier molecular flexibility index (Phi) is 6.92. The first-order chi connectivity index (χ1) is 19.4. The summed E-state index contributed by atoms with van der Waals surface area (Å²) < 4.78 is 42.3. The van der Waals surface area contributed by atoms with Gasteiger partial charge in [-0.15, -0.1) is 0 Å². The van der Waals surface area contributed by atoms with E-state index in [1.807, 2.05) is 0 Å². The molecule has 3 aromatic rings.